The van der Waals surface area contributed by atoms with Crippen molar-refractivity contribution in [3.8, 4) is 17.2 Å². The summed E-state index contributed by atoms with van der Waals surface area (Å²) >= 11 is 0. The van der Waals surface area contributed by atoms with E-state index in [9.17, 15) is 15.0 Å². The topological polar surface area (TPSA) is 82.5 Å². The van der Waals surface area contributed by atoms with Crippen LogP contribution >= 0.6 is 0 Å². The maximum absolute atomic E-state index is 11.5. The summed E-state index contributed by atoms with van der Waals surface area (Å²) in [4.78, 5) is 14.0. The molecule has 0 aliphatic rings. The molecule has 0 fully saturated rings. The lowest BCUT2D eigenvalue weighted by molar-refractivity contribution is 0.362. The quantitative estimate of drug-likeness (QED) is 0.699. The second kappa shape index (κ2) is 7.73. The van der Waals surface area contributed by atoms with Crippen molar-refractivity contribution in [2.75, 3.05) is 6.61 Å². The molecule has 5 nitrogen and oxygen atoms in total. The Bertz CT molecular complexity index is 842. The first kappa shape index (κ1) is 17.7. The van der Waals surface area contributed by atoms with Crippen LogP contribution in [0.15, 0.2) is 46.3 Å². The number of hydrogen-bond acceptors (Lipinski definition) is 4. The summed E-state index contributed by atoms with van der Waals surface area (Å²) in [6, 6.07) is 4.91. The number of aromatic amines is 1. The zero-order valence-electron chi connectivity index (χ0n) is 14.2. The second-order valence-electron chi connectivity index (χ2n) is 6.04. The normalized spacial score (nSPS) is 11.5. The van der Waals surface area contributed by atoms with E-state index in [2.05, 4.69) is 31.8 Å². The number of allylic oxidation sites excluding steroid dienone is 3. The monoisotopic (exact) mass is 329 g/mol. The fourth-order valence-corrected chi connectivity index (χ4v) is 2.31. The van der Waals surface area contributed by atoms with Gasteiger partial charge in [0.05, 0.1) is 5.52 Å². The highest BCUT2D eigenvalue weighted by Crippen LogP contribution is 2.30. The Morgan fingerprint density at radius 2 is 1.92 bits per heavy atom. The van der Waals surface area contributed by atoms with Crippen LogP contribution in [-0.2, 0) is 0 Å². The van der Waals surface area contributed by atoms with Gasteiger partial charge in [-0.1, -0.05) is 17.2 Å². The van der Waals surface area contributed by atoms with Crippen LogP contribution in [-0.4, -0.2) is 21.8 Å². The lowest BCUT2D eigenvalue weighted by Crippen LogP contribution is -2.05. The minimum atomic E-state index is -0.729. The molecule has 0 radical (unpaired) electrons. The first-order valence-electron chi connectivity index (χ1n) is 7.88. The second-order valence-corrected chi connectivity index (χ2v) is 6.04. The van der Waals surface area contributed by atoms with Crippen LogP contribution in [0.1, 0.15) is 33.6 Å². The standard InChI is InChI=1S/C19H23NO4/c1-12(2)5-4-6-13(3)9-10-24-14-7-8-15-16(11-14)20-19(23)18(22)17(15)21/h5,7-9,11,22H,4,6,10H2,1-3H3,(H2,20,21,23)/b13-9+. The van der Waals surface area contributed by atoms with E-state index < -0.39 is 17.1 Å². The molecular formula is C19H23NO4. The summed E-state index contributed by atoms with van der Waals surface area (Å²) in [6.07, 6.45) is 6.25. The highest BCUT2D eigenvalue weighted by Gasteiger charge is 2.10. The number of aromatic hydroxyl groups is 2. The van der Waals surface area contributed by atoms with E-state index in [1.165, 1.54) is 11.1 Å². The minimum absolute atomic E-state index is 0.368. The van der Waals surface area contributed by atoms with E-state index in [0.717, 1.165) is 12.8 Å². The average molecular weight is 329 g/mol. The first-order valence-corrected chi connectivity index (χ1v) is 7.88. The fraction of sp³-hybridized carbons (Fsp3) is 0.316. The zero-order chi connectivity index (χ0) is 17.7. The number of rotatable bonds is 6. The van der Waals surface area contributed by atoms with Crippen molar-refractivity contribution in [3.63, 3.8) is 0 Å². The molecule has 0 saturated carbocycles. The minimum Gasteiger partial charge on any atom is -0.504 e. The van der Waals surface area contributed by atoms with Crippen LogP contribution < -0.4 is 10.3 Å². The highest BCUT2D eigenvalue weighted by molar-refractivity contribution is 5.87. The number of ether oxygens (including phenoxy) is 1. The van der Waals surface area contributed by atoms with Crippen LogP contribution in [0, 0.1) is 0 Å². The Balaban J connectivity index is 2.04. The van der Waals surface area contributed by atoms with Gasteiger partial charge in [-0.3, -0.25) is 4.79 Å². The van der Waals surface area contributed by atoms with Crippen molar-refractivity contribution < 1.29 is 14.9 Å². The number of benzene rings is 1. The molecule has 128 valence electrons. The number of aromatic nitrogens is 1. The molecule has 2 aromatic rings. The molecular weight excluding hydrogens is 306 g/mol. The SMILES string of the molecule is CC(C)=CCC/C(C)=C/COc1ccc2c(O)c(O)c(=O)[nH]c2c1. The summed E-state index contributed by atoms with van der Waals surface area (Å²) in [6.45, 7) is 6.68. The van der Waals surface area contributed by atoms with Crippen molar-refractivity contribution in [3.05, 3.63) is 51.9 Å². The maximum atomic E-state index is 11.5. The van der Waals surface area contributed by atoms with Crippen molar-refractivity contribution in [2.45, 2.75) is 33.6 Å². The molecule has 1 heterocycles. The van der Waals surface area contributed by atoms with Gasteiger partial charge in [-0.05, 0) is 51.8 Å². The Morgan fingerprint density at radius 3 is 2.62 bits per heavy atom. The van der Waals surface area contributed by atoms with Gasteiger partial charge in [-0.2, -0.15) is 0 Å². The largest absolute Gasteiger partial charge is 0.504 e. The van der Waals surface area contributed by atoms with Gasteiger partial charge in [0.1, 0.15) is 12.4 Å². The molecule has 1 aromatic carbocycles. The lowest BCUT2D eigenvalue weighted by Gasteiger charge is -2.07. The molecule has 0 saturated heterocycles. The molecule has 3 N–H and O–H groups in total. The van der Waals surface area contributed by atoms with Gasteiger partial charge >= 0.3 is 0 Å². The van der Waals surface area contributed by atoms with Crippen molar-refractivity contribution in [2.24, 2.45) is 0 Å². The number of nitrogens with one attached hydrogen (secondary N) is 1. The predicted molar refractivity (Wildman–Crippen MR) is 95.8 cm³/mol. The summed E-state index contributed by atoms with van der Waals surface area (Å²) in [5.41, 5.74) is 2.26. The number of fused-ring (bicyclic) bond motifs is 1. The molecule has 0 atom stereocenters. The summed E-state index contributed by atoms with van der Waals surface area (Å²) in [5.74, 6) is -0.516. The summed E-state index contributed by atoms with van der Waals surface area (Å²) in [7, 11) is 0. The molecule has 5 heteroatoms. The van der Waals surface area contributed by atoms with Crippen LogP contribution in [0.5, 0.6) is 17.2 Å². The first-order chi connectivity index (χ1) is 11.4. The molecule has 0 amide bonds. The van der Waals surface area contributed by atoms with Crippen LogP contribution in [0.4, 0.5) is 0 Å². The smallest absolute Gasteiger partial charge is 0.294 e. The molecule has 0 bridgehead atoms. The number of H-pyrrole nitrogens is 1. The Morgan fingerprint density at radius 1 is 1.17 bits per heavy atom. The zero-order valence-corrected chi connectivity index (χ0v) is 14.2. The Hall–Kier alpha value is -2.69. The molecule has 0 aliphatic heterocycles. The third-order valence-electron chi connectivity index (χ3n) is 3.71. The van der Waals surface area contributed by atoms with Crippen molar-refractivity contribution in [1.82, 2.24) is 4.98 Å². The Kier molecular flexibility index (Phi) is 5.68. The molecule has 1 aromatic heterocycles. The molecule has 0 unspecified atom stereocenters. The number of hydrogen-bond donors (Lipinski definition) is 3. The van der Waals surface area contributed by atoms with Crippen LogP contribution in [0.3, 0.4) is 0 Å². The van der Waals surface area contributed by atoms with E-state index in [1.54, 1.807) is 18.2 Å². The van der Waals surface area contributed by atoms with E-state index in [0.29, 0.717) is 23.3 Å². The third-order valence-corrected chi connectivity index (χ3v) is 3.71. The van der Waals surface area contributed by atoms with Gasteiger partial charge in [-0.25, -0.2) is 0 Å². The van der Waals surface area contributed by atoms with Gasteiger partial charge in [0.2, 0.25) is 5.75 Å². The fourth-order valence-electron chi connectivity index (χ4n) is 2.31. The molecule has 24 heavy (non-hydrogen) atoms. The average Bonchev–Trinajstić information content (AvgIpc) is 2.52. The third kappa shape index (κ3) is 4.41. The van der Waals surface area contributed by atoms with Gasteiger partial charge in [0, 0.05) is 11.5 Å². The number of pyridine rings is 1. The van der Waals surface area contributed by atoms with Crippen LogP contribution in [0.2, 0.25) is 0 Å². The summed E-state index contributed by atoms with van der Waals surface area (Å²) in [5, 5.41) is 19.6. The molecule has 0 spiro atoms. The predicted octanol–water partition coefficient (Wildman–Crippen LogP) is 4.01. The van der Waals surface area contributed by atoms with E-state index >= 15 is 0 Å². The Labute approximate surface area is 140 Å². The van der Waals surface area contributed by atoms with Gasteiger partial charge in [0.15, 0.2) is 5.75 Å². The highest BCUT2D eigenvalue weighted by atomic mass is 16.5. The van der Waals surface area contributed by atoms with Gasteiger partial charge in [0.25, 0.3) is 5.56 Å². The van der Waals surface area contributed by atoms with Crippen LogP contribution in [0.25, 0.3) is 10.9 Å². The molecule has 2 rings (SSSR count). The van der Waals surface area contributed by atoms with E-state index in [1.807, 2.05) is 6.08 Å². The van der Waals surface area contributed by atoms with E-state index in [4.69, 9.17) is 4.74 Å². The maximum Gasteiger partial charge on any atom is 0.294 e. The van der Waals surface area contributed by atoms with Gasteiger partial charge < -0.3 is 19.9 Å². The lowest BCUT2D eigenvalue weighted by atomic mass is 10.1. The summed E-state index contributed by atoms with van der Waals surface area (Å²) < 4.78 is 5.66. The van der Waals surface area contributed by atoms with Crippen molar-refractivity contribution >= 4 is 10.9 Å². The molecule has 0 aliphatic carbocycles. The van der Waals surface area contributed by atoms with Gasteiger partial charge in [-0.15, -0.1) is 0 Å². The van der Waals surface area contributed by atoms with Crippen molar-refractivity contribution in [1.29, 1.82) is 0 Å². The van der Waals surface area contributed by atoms with E-state index in [-0.39, 0.29) is 0 Å².